The van der Waals surface area contributed by atoms with Crippen molar-refractivity contribution in [1.82, 2.24) is 4.98 Å². The smallest absolute Gasteiger partial charge is 0.362 e. The monoisotopic (exact) mass is 271 g/mol. The van der Waals surface area contributed by atoms with E-state index in [4.69, 9.17) is 15.3 Å². The zero-order valence-electron chi connectivity index (χ0n) is 10.5. The molecule has 0 radical (unpaired) electrons. The molecular formula is C11H17N3O3S. The molecule has 18 heavy (non-hydrogen) atoms. The van der Waals surface area contributed by atoms with Crippen LogP contribution in [0, 0.1) is 0 Å². The number of nitrogen functional groups attached to an aromatic ring is 1. The van der Waals surface area contributed by atoms with Crippen molar-refractivity contribution in [3.8, 4) is 0 Å². The number of unbranched alkanes of at least 4 members (excludes halogenated alkanes) is 1. The van der Waals surface area contributed by atoms with Crippen LogP contribution in [0.25, 0.3) is 0 Å². The first-order valence-electron chi connectivity index (χ1n) is 5.77. The van der Waals surface area contributed by atoms with Gasteiger partial charge in [0, 0.05) is 5.38 Å². The number of oxime groups is 1. The van der Waals surface area contributed by atoms with Crippen LogP contribution in [0.3, 0.4) is 0 Å². The molecule has 6 nitrogen and oxygen atoms in total. The minimum absolute atomic E-state index is 0.0564. The van der Waals surface area contributed by atoms with Crippen molar-refractivity contribution in [3.05, 3.63) is 11.1 Å². The lowest BCUT2D eigenvalue weighted by atomic mass is 10.3. The SMILES string of the molecule is CCCCO/N=C(\C(=O)OCC)c1csc(N)n1. The third-order valence-electron chi connectivity index (χ3n) is 1.98. The molecule has 0 aliphatic heterocycles. The predicted octanol–water partition coefficient (Wildman–Crippen LogP) is 1.81. The Balaban J connectivity index is 2.78. The van der Waals surface area contributed by atoms with Crippen LogP contribution in [0.15, 0.2) is 10.5 Å². The molecule has 0 unspecified atom stereocenters. The van der Waals surface area contributed by atoms with E-state index in [9.17, 15) is 4.79 Å². The molecule has 0 aliphatic rings. The Morgan fingerprint density at radius 3 is 2.89 bits per heavy atom. The van der Waals surface area contributed by atoms with Gasteiger partial charge in [0.25, 0.3) is 0 Å². The number of hydrogen-bond acceptors (Lipinski definition) is 7. The van der Waals surface area contributed by atoms with Crippen LogP contribution in [0.1, 0.15) is 32.4 Å². The van der Waals surface area contributed by atoms with Gasteiger partial charge in [0.15, 0.2) is 5.13 Å². The number of carbonyl (C=O) groups is 1. The van der Waals surface area contributed by atoms with Crippen LogP contribution in [0.4, 0.5) is 5.13 Å². The van der Waals surface area contributed by atoms with Crippen molar-refractivity contribution in [1.29, 1.82) is 0 Å². The molecule has 0 bridgehead atoms. The Bertz CT molecular complexity index is 417. The van der Waals surface area contributed by atoms with E-state index in [0.717, 1.165) is 12.8 Å². The molecule has 1 aromatic rings. The fourth-order valence-electron chi connectivity index (χ4n) is 1.10. The van der Waals surface area contributed by atoms with Gasteiger partial charge in [0.2, 0.25) is 5.71 Å². The fourth-order valence-corrected chi connectivity index (χ4v) is 1.65. The Labute approximate surface area is 110 Å². The van der Waals surface area contributed by atoms with Crippen molar-refractivity contribution in [2.45, 2.75) is 26.7 Å². The molecule has 1 aromatic heterocycles. The normalized spacial score (nSPS) is 11.3. The standard InChI is InChI=1S/C11H17N3O3S/c1-3-5-6-17-14-9(10(15)16-4-2)8-7-18-11(12)13-8/h7H,3-6H2,1-2H3,(H2,12,13)/b14-9-. The lowest BCUT2D eigenvalue weighted by Crippen LogP contribution is -2.20. The molecule has 0 fully saturated rings. The maximum Gasteiger partial charge on any atom is 0.362 e. The molecule has 0 aromatic carbocycles. The molecular weight excluding hydrogens is 254 g/mol. The minimum atomic E-state index is -0.556. The maximum atomic E-state index is 11.7. The first-order valence-corrected chi connectivity index (χ1v) is 6.65. The molecule has 0 saturated carbocycles. The maximum absolute atomic E-state index is 11.7. The number of nitrogens with zero attached hydrogens (tertiary/aromatic N) is 2. The number of thiazole rings is 1. The number of aromatic nitrogens is 1. The van der Waals surface area contributed by atoms with E-state index in [-0.39, 0.29) is 12.3 Å². The van der Waals surface area contributed by atoms with Gasteiger partial charge < -0.3 is 15.3 Å². The van der Waals surface area contributed by atoms with Gasteiger partial charge in [-0.1, -0.05) is 18.5 Å². The summed E-state index contributed by atoms with van der Waals surface area (Å²) in [5, 5.41) is 5.81. The van der Waals surface area contributed by atoms with Gasteiger partial charge in [-0.05, 0) is 13.3 Å². The number of hydrogen-bond donors (Lipinski definition) is 1. The predicted molar refractivity (Wildman–Crippen MR) is 70.6 cm³/mol. The van der Waals surface area contributed by atoms with Gasteiger partial charge in [0.1, 0.15) is 12.3 Å². The second kappa shape index (κ2) is 7.65. The molecule has 0 amide bonds. The summed E-state index contributed by atoms with van der Waals surface area (Å²) in [6, 6.07) is 0. The summed E-state index contributed by atoms with van der Waals surface area (Å²) < 4.78 is 4.90. The highest BCUT2D eigenvalue weighted by Gasteiger charge is 2.19. The number of anilines is 1. The fraction of sp³-hybridized carbons (Fsp3) is 0.545. The van der Waals surface area contributed by atoms with Crippen molar-refractivity contribution in [3.63, 3.8) is 0 Å². The summed E-state index contributed by atoms with van der Waals surface area (Å²) >= 11 is 1.23. The summed E-state index contributed by atoms with van der Waals surface area (Å²) in [6.45, 7) is 4.49. The Morgan fingerprint density at radius 1 is 1.56 bits per heavy atom. The van der Waals surface area contributed by atoms with Crippen LogP contribution in [-0.4, -0.2) is 29.9 Å². The first kappa shape index (κ1) is 14.4. The summed E-state index contributed by atoms with van der Waals surface area (Å²) in [7, 11) is 0. The van der Waals surface area contributed by atoms with Gasteiger partial charge in [-0.15, -0.1) is 11.3 Å². The van der Waals surface area contributed by atoms with Gasteiger partial charge in [0.05, 0.1) is 6.61 Å². The van der Waals surface area contributed by atoms with Gasteiger partial charge in [-0.2, -0.15) is 0 Å². The number of nitrogens with two attached hydrogens (primary N) is 1. The molecule has 0 spiro atoms. The number of ether oxygens (including phenoxy) is 1. The summed E-state index contributed by atoms with van der Waals surface area (Å²) in [6.07, 6.45) is 1.87. The average molecular weight is 271 g/mol. The van der Waals surface area contributed by atoms with E-state index < -0.39 is 5.97 Å². The van der Waals surface area contributed by atoms with Crippen LogP contribution < -0.4 is 5.73 Å². The van der Waals surface area contributed by atoms with E-state index >= 15 is 0 Å². The van der Waals surface area contributed by atoms with Crippen molar-refractivity contribution in [2.24, 2.45) is 5.16 Å². The lowest BCUT2D eigenvalue weighted by Gasteiger charge is -2.03. The number of rotatable bonds is 7. The van der Waals surface area contributed by atoms with E-state index in [1.54, 1.807) is 12.3 Å². The highest BCUT2D eigenvalue weighted by molar-refractivity contribution is 7.13. The second-order valence-corrected chi connectivity index (χ2v) is 4.31. The van der Waals surface area contributed by atoms with Crippen molar-refractivity contribution in [2.75, 3.05) is 18.9 Å². The number of esters is 1. The Kier molecular flexibility index (Phi) is 6.13. The highest BCUT2D eigenvalue weighted by atomic mass is 32.1. The molecule has 100 valence electrons. The van der Waals surface area contributed by atoms with Crippen LogP contribution >= 0.6 is 11.3 Å². The quantitative estimate of drug-likeness (QED) is 0.354. The molecule has 0 atom stereocenters. The third-order valence-corrected chi connectivity index (χ3v) is 2.65. The molecule has 0 aliphatic carbocycles. The average Bonchev–Trinajstić information content (AvgIpc) is 2.76. The van der Waals surface area contributed by atoms with E-state index in [1.807, 2.05) is 6.92 Å². The lowest BCUT2D eigenvalue weighted by molar-refractivity contribution is -0.135. The van der Waals surface area contributed by atoms with E-state index in [2.05, 4.69) is 10.1 Å². The second-order valence-electron chi connectivity index (χ2n) is 3.42. The Hall–Kier alpha value is -1.63. The molecule has 2 N–H and O–H groups in total. The van der Waals surface area contributed by atoms with E-state index in [1.165, 1.54) is 11.3 Å². The zero-order valence-corrected chi connectivity index (χ0v) is 11.3. The summed E-state index contributed by atoms with van der Waals surface area (Å²) in [5.74, 6) is -0.556. The van der Waals surface area contributed by atoms with Gasteiger partial charge >= 0.3 is 5.97 Å². The third kappa shape index (κ3) is 4.33. The molecule has 1 heterocycles. The molecule has 1 rings (SSSR count). The Morgan fingerprint density at radius 2 is 2.33 bits per heavy atom. The van der Waals surface area contributed by atoms with Crippen molar-refractivity contribution >= 4 is 28.1 Å². The first-order chi connectivity index (χ1) is 8.69. The van der Waals surface area contributed by atoms with Gasteiger partial charge in [-0.3, -0.25) is 0 Å². The topological polar surface area (TPSA) is 86.8 Å². The summed E-state index contributed by atoms with van der Waals surface area (Å²) in [4.78, 5) is 20.8. The minimum Gasteiger partial charge on any atom is -0.461 e. The zero-order chi connectivity index (χ0) is 13.4. The number of carbonyl (C=O) groups excluding carboxylic acids is 1. The van der Waals surface area contributed by atoms with Crippen LogP contribution in [-0.2, 0) is 14.4 Å². The highest BCUT2D eigenvalue weighted by Crippen LogP contribution is 2.13. The van der Waals surface area contributed by atoms with Crippen molar-refractivity contribution < 1.29 is 14.4 Å². The summed E-state index contributed by atoms with van der Waals surface area (Å²) in [5.41, 5.74) is 5.96. The van der Waals surface area contributed by atoms with Gasteiger partial charge in [-0.25, -0.2) is 9.78 Å². The largest absolute Gasteiger partial charge is 0.461 e. The van der Waals surface area contributed by atoms with Crippen LogP contribution in [0.5, 0.6) is 0 Å². The molecule has 7 heteroatoms. The van der Waals surface area contributed by atoms with E-state index in [0.29, 0.717) is 17.4 Å². The molecule has 0 saturated heterocycles. The van der Waals surface area contributed by atoms with Crippen LogP contribution in [0.2, 0.25) is 0 Å².